The van der Waals surface area contributed by atoms with Crippen LogP contribution in [0.15, 0.2) is 36.5 Å². The second-order valence-electron chi connectivity index (χ2n) is 10.0. The van der Waals surface area contributed by atoms with Crippen molar-refractivity contribution in [2.75, 3.05) is 19.6 Å². The summed E-state index contributed by atoms with van der Waals surface area (Å²) in [5.74, 6) is -0.618. The fourth-order valence-corrected chi connectivity index (χ4v) is 4.90. The molecule has 184 valence electrons. The van der Waals surface area contributed by atoms with Crippen molar-refractivity contribution in [2.24, 2.45) is 0 Å². The Labute approximate surface area is 203 Å². The Morgan fingerprint density at radius 3 is 2.49 bits per heavy atom. The smallest absolute Gasteiger partial charge is 0.274 e. The van der Waals surface area contributed by atoms with Gasteiger partial charge in [0.2, 0.25) is 0 Å². The van der Waals surface area contributed by atoms with Crippen molar-refractivity contribution in [2.45, 2.75) is 57.6 Å². The number of carbonyl (C=O) groups is 2. The van der Waals surface area contributed by atoms with Crippen molar-refractivity contribution < 1.29 is 19.1 Å². The highest BCUT2D eigenvalue weighted by atomic mass is 19.1. The number of rotatable bonds is 4. The summed E-state index contributed by atoms with van der Waals surface area (Å²) >= 11 is 0. The Balaban J connectivity index is 1.40. The number of hydrogen-bond acceptors (Lipinski definition) is 5. The van der Waals surface area contributed by atoms with Crippen LogP contribution in [0.25, 0.3) is 16.9 Å². The molecule has 1 saturated heterocycles. The third-order valence-corrected chi connectivity index (χ3v) is 7.19. The van der Waals surface area contributed by atoms with E-state index in [0.717, 1.165) is 17.5 Å². The number of halogens is 1. The van der Waals surface area contributed by atoms with Crippen LogP contribution in [0.3, 0.4) is 0 Å². The summed E-state index contributed by atoms with van der Waals surface area (Å²) in [6.07, 6.45) is 3.51. The maximum Gasteiger partial charge on any atom is 0.274 e. The molecule has 1 saturated carbocycles. The number of carbonyl (C=O) groups excluding carboxylic acids is 2. The molecule has 9 heteroatoms. The molecule has 8 nitrogen and oxygen atoms in total. The van der Waals surface area contributed by atoms with E-state index in [-0.39, 0.29) is 29.6 Å². The molecule has 3 heterocycles. The van der Waals surface area contributed by atoms with Gasteiger partial charge in [0.1, 0.15) is 17.1 Å². The van der Waals surface area contributed by atoms with E-state index in [9.17, 15) is 19.1 Å². The Morgan fingerprint density at radius 2 is 1.89 bits per heavy atom. The van der Waals surface area contributed by atoms with Gasteiger partial charge in [0.15, 0.2) is 5.65 Å². The molecule has 2 aliphatic rings. The van der Waals surface area contributed by atoms with E-state index in [0.29, 0.717) is 49.5 Å². The summed E-state index contributed by atoms with van der Waals surface area (Å²) in [6.45, 7) is 7.14. The zero-order chi connectivity index (χ0) is 24.9. The van der Waals surface area contributed by atoms with E-state index >= 15 is 0 Å². The molecule has 1 atom stereocenters. The van der Waals surface area contributed by atoms with Crippen LogP contribution in [-0.2, 0) is 4.79 Å². The quantitative estimate of drug-likeness (QED) is 0.620. The monoisotopic (exact) mass is 479 g/mol. The second kappa shape index (κ2) is 8.71. The first-order chi connectivity index (χ1) is 16.7. The average Bonchev–Trinajstić information content (AvgIpc) is 3.25. The first-order valence-electron chi connectivity index (χ1n) is 12.2. The molecule has 0 spiro atoms. The number of imidazole rings is 1. The van der Waals surface area contributed by atoms with Crippen LogP contribution in [0.4, 0.5) is 4.39 Å². The van der Waals surface area contributed by atoms with E-state index in [2.05, 4.69) is 10.1 Å². The highest BCUT2D eigenvalue weighted by Gasteiger charge is 2.46. The van der Waals surface area contributed by atoms with Crippen molar-refractivity contribution in [1.29, 1.82) is 0 Å². The van der Waals surface area contributed by atoms with Crippen molar-refractivity contribution in [3.8, 4) is 11.3 Å². The number of hydrogen-bond donors (Lipinski definition) is 1. The Morgan fingerprint density at radius 1 is 1.17 bits per heavy atom. The molecule has 5 rings (SSSR count). The van der Waals surface area contributed by atoms with Gasteiger partial charge in [0.25, 0.3) is 11.8 Å². The number of aliphatic hydroxyl groups is 1. The number of amides is 2. The highest BCUT2D eigenvalue weighted by molar-refractivity contribution is 5.94. The predicted molar refractivity (Wildman–Crippen MR) is 128 cm³/mol. The molecule has 3 aromatic rings. The zero-order valence-corrected chi connectivity index (χ0v) is 20.2. The highest BCUT2D eigenvalue weighted by Crippen LogP contribution is 2.34. The molecule has 2 aromatic heterocycles. The summed E-state index contributed by atoms with van der Waals surface area (Å²) in [6, 6.07) is 7.88. The lowest BCUT2D eigenvalue weighted by atomic mass is 9.79. The minimum Gasteiger partial charge on any atom is -0.380 e. The van der Waals surface area contributed by atoms with Gasteiger partial charge in [-0.05, 0) is 62.4 Å². The van der Waals surface area contributed by atoms with E-state index in [1.807, 2.05) is 26.8 Å². The van der Waals surface area contributed by atoms with Gasteiger partial charge in [-0.3, -0.25) is 9.59 Å². The van der Waals surface area contributed by atoms with Crippen LogP contribution >= 0.6 is 0 Å². The molecule has 35 heavy (non-hydrogen) atoms. The van der Waals surface area contributed by atoms with E-state index < -0.39 is 5.60 Å². The molecule has 1 aromatic carbocycles. The lowest BCUT2D eigenvalue weighted by molar-refractivity contribution is -0.162. The number of aromatic nitrogens is 3. The van der Waals surface area contributed by atoms with Crippen LogP contribution < -0.4 is 0 Å². The topological polar surface area (TPSA) is 91.0 Å². The van der Waals surface area contributed by atoms with E-state index in [1.165, 1.54) is 12.1 Å². The minimum absolute atomic E-state index is 0.135. The summed E-state index contributed by atoms with van der Waals surface area (Å²) in [7, 11) is 0. The number of piperazine rings is 1. The molecular weight excluding hydrogens is 449 g/mol. The summed E-state index contributed by atoms with van der Waals surface area (Å²) in [5.41, 5.74) is 2.07. The van der Waals surface area contributed by atoms with Crippen molar-refractivity contribution >= 4 is 17.5 Å². The minimum atomic E-state index is -1.23. The third-order valence-electron chi connectivity index (χ3n) is 7.19. The summed E-state index contributed by atoms with van der Waals surface area (Å²) < 4.78 is 15.0. The fourth-order valence-electron chi connectivity index (χ4n) is 4.90. The van der Waals surface area contributed by atoms with Gasteiger partial charge in [-0.15, -0.1) is 0 Å². The zero-order valence-electron chi connectivity index (χ0n) is 20.2. The van der Waals surface area contributed by atoms with Crippen LogP contribution in [-0.4, -0.2) is 72.6 Å². The molecular formula is C26H30FN5O3. The lowest BCUT2D eigenvalue weighted by Gasteiger charge is -2.44. The average molecular weight is 480 g/mol. The molecule has 0 bridgehead atoms. The second-order valence-corrected chi connectivity index (χ2v) is 10.0. The molecule has 0 radical (unpaired) electrons. The standard InChI is InChI=1S/C26H30FN5O3/c1-16(2)20-13-21(18-5-7-19(27)8-6-18)29-32-15-22(28-23(20)32)24(33)31-12-11-30(14-17(31)3)25(34)26(35)9-4-10-26/h5-8,13,15-17,35H,4,9-12,14H2,1-3H3/t17-/m1/s1. The summed E-state index contributed by atoms with van der Waals surface area (Å²) in [5, 5.41) is 15.1. The van der Waals surface area contributed by atoms with Gasteiger partial charge >= 0.3 is 0 Å². The van der Waals surface area contributed by atoms with Gasteiger partial charge in [-0.25, -0.2) is 13.9 Å². The number of fused-ring (bicyclic) bond motifs is 1. The maximum absolute atomic E-state index is 13.4. The fraction of sp³-hybridized carbons (Fsp3) is 0.462. The van der Waals surface area contributed by atoms with Crippen molar-refractivity contribution in [3.05, 3.63) is 53.6 Å². The maximum atomic E-state index is 13.4. The van der Waals surface area contributed by atoms with Crippen molar-refractivity contribution in [3.63, 3.8) is 0 Å². The van der Waals surface area contributed by atoms with Crippen LogP contribution in [0.2, 0.25) is 0 Å². The van der Waals surface area contributed by atoms with Gasteiger partial charge in [0.05, 0.1) is 11.9 Å². The van der Waals surface area contributed by atoms with E-state index in [4.69, 9.17) is 0 Å². The third kappa shape index (κ3) is 4.18. The molecule has 2 amide bonds. The lowest BCUT2D eigenvalue weighted by Crippen LogP contribution is -2.61. The first kappa shape index (κ1) is 23.4. The van der Waals surface area contributed by atoms with Crippen LogP contribution in [0.1, 0.15) is 62.0 Å². The normalized spacial score (nSPS) is 19.8. The van der Waals surface area contributed by atoms with Gasteiger partial charge in [-0.1, -0.05) is 13.8 Å². The van der Waals surface area contributed by atoms with Gasteiger partial charge in [0, 0.05) is 36.8 Å². The summed E-state index contributed by atoms with van der Waals surface area (Å²) in [4.78, 5) is 34.2. The first-order valence-corrected chi connectivity index (χ1v) is 12.2. The number of nitrogens with zero attached hydrogens (tertiary/aromatic N) is 5. The number of benzene rings is 1. The van der Waals surface area contributed by atoms with Gasteiger partial charge < -0.3 is 14.9 Å². The Kier molecular flexibility index (Phi) is 5.83. The molecule has 1 N–H and O–H groups in total. The van der Waals surface area contributed by atoms with Crippen molar-refractivity contribution in [1.82, 2.24) is 24.4 Å². The van der Waals surface area contributed by atoms with Crippen LogP contribution in [0, 0.1) is 5.82 Å². The predicted octanol–water partition coefficient (Wildman–Crippen LogP) is 3.25. The Hall–Kier alpha value is -3.33. The van der Waals surface area contributed by atoms with Gasteiger partial charge in [-0.2, -0.15) is 5.10 Å². The van der Waals surface area contributed by atoms with E-state index in [1.54, 1.807) is 32.6 Å². The van der Waals surface area contributed by atoms with Crippen LogP contribution in [0.5, 0.6) is 0 Å². The molecule has 1 aliphatic carbocycles. The molecule has 1 aliphatic heterocycles. The molecule has 0 unspecified atom stereocenters. The Bertz CT molecular complexity index is 1280. The largest absolute Gasteiger partial charge is 0.380 e. The SMILES string of the molecule is CC(C)c1cc(-c2ccc(F)cc2)nn2cc(C(=O)N3CCN(C(=O)C4(O)CCC4)C[C@H]3C)nc12. The molecule has 2 fully saturated rings.